The van der Waals surface area contributed by atoms with Gasteiger partial charge in [0.05, 0.1) is 0 Å². The molecule has 0 radical (unpaired) electrons. The van der Waals surface area contributed by atoms with Crippen LogP contribution in [0.2, 0.25) is 17.7 Å². The van der Waals surface area contributed by atoms with Gasteiger partial charge < -0.3 is 0 Å². The van der Waals surface area contributed by atoms with E-state index in [2.05, 4.69) is 20.8 Å². The fraction of sp³-hybridized carbons (Fsp3) is 0.909. The van der Waals surface area contributed by atoms with Crippen molar-refractivity contribution < 1.29 is 19.1 Å². The number of ether oxygens (including phenoxy) is 2. The van der Waals surface area contributed by atoms with E-state index in [1.54, 1.807) is 0 Å². The van der Waals surface area contributed by atoms with Crippen LogP contribution in [0.15, 0.2) is 0 Å². The van der Waals surface area contributed by atoms with Gasteiger partial charge in [-0.05, 0) is 0 Å². The van der Waals surface area contributed by atoms with Crippen molar-refractivity contribution in [2.24, 2.45) is 11.3 Å². The average molecular weight is 489 g/mol. The van der Waals surface area contributed by atoms with E-state index in [1.165, 1.54) is 51.8 Å². The SMILES string of the molecule is CCC[CH2][Sn]([CH2]CCC)([CH2]CCC)[CH2][C@]1(C(=O)OCC)C[C@@H]1C(=O)OCC. The Labute approximate surface area is 171 Å². The number of rotatable bonds is 15. The van der Waals surface area contributed by atoms with Crippen LogP contribution in [0.5, 0.6) is 0 Å². The van der Waals surface area contributed by atoms with Crippen molar-refractivity contribution in [2.75, 3.05) is 13.2 Å². The van der Waals surface area contributed by atoms with Crippen molar-refractivity contribution >= 4 is 30.3 Å². The van der Waals surface area contributed by atoms with E-state index in [0.29, 0.717) is 19.6 Å². The van der Waals surface area contributed by atoms with Crippen molar-refractivity contribution in [2.45, 2.75) is 97.3 Å². The Morgan fingerprint density at radius 2 is 1.33 bits per heavy atom. The van der Waals surface area contributed by atoms with Gasteiger partial charge in [0, 0.05) is 0 Å². The van der Waals surface area contributed by atoms with Crippen molar-refractivity contribution in [3.05, 3.63) is 0 Å². The van der Waals surface area contributed by atoms with Crippen LogP contribution >= 0.6 is 0 Å². The van der Waals surface area contributed by atoms with Crippen LogP contribution in [-0.2, 0) is 19.1 Å². The Morgan fingerprint density at radius 1 is 0.852 bits per heavy atom. The van der Waals surface area contributed by atoms with E-state index in [1.807, 2.05) is 13.8 Å². The summed E-state index contributed by atoms with van der Waals surface area (Å²) in [6.45, 7) is 11.2. The molecule has 0 heterocycles. The molecule has 27 heavy (non-hydrogen) atoms. The van der Waals surface area contributed by atoms with Crippen LogP contribution in [0.25, 0.3) is 0 Å². The Hall–Kier alpha value is -0.261. The van der Waals surface area contributed by atoms with Crippen LogP contribution in [0.1, 0.15) is 79.6 Å². The minimum atomic E-state index is -2.55. The van der Waals surface area contributed by atoms with E-state index in [4.69, 9.17) is 9.47 Å². The molecular weight excluding hydrogens is 447 g/mol. The van der Waals surface area contributed by atoms with E-state index >= 15 is 0 Å². The molecule has 158 valence electrons. The van der Waals surface area contributed by atoms with Crippen LogP contribution in [0.4, 0.5) is 0 Å². The average Bonchev–Trinajstić information content (AvgIpc) is 3.38. The van der Waals surface area contributed by atoms with Gasteiger partial charge in [0.1, 0.15) is 0 Å². The molecule has 0 aromatic rings. The summed E-state index contributed by atoms with van der Waals surface area (Å²) in [5, 5.41) is 0. The maximum absolute atomic E-state index is 12.9. The first kappa shape index (κ1) is 24.8. The summed E-state index contributed by atoms with van der Waals surface area (Å²) < 4.78 is 15.8. The van der Waals surface area contributed by atoms with Crippen LogP contribution in [0.3, 0.4) is 0 Å². The van der Waals surface area contributed by atoms with Gasteiger partial charge in [-0.25, -0.2) is 0 Å². The molecule has 1 fully saturated rings. The first-order chi connectivity index (χ1) is 12.9. The number of carbonyl (C=O) groups is 2. The molecule has 5 heteroatoms. The van der Waals surface area contributed by atoms with Crippen molar-refractivity contribution in [1.82, 2.24) is 0 Å². The van der Waals surface area contributed by atoms with Crippen LogP contribution in [0, 0.1) is 11.3 Å². The fourth-order valence-corrected chi connectivity index (χ4v) is 23.0. The summed E-state index contributed by atoms with van der Waals surface area (Å²) in [6, 6.07) is 0. The summed E-state index contributed by atoms with van der Waals surface area (Å²) in [6.07, 6.45) is 8.10. The van der Waals surface area contributed by atoms with Crippen molar-refractivity contribution in [3.63, 3.8) is 0 Å². The van der Waals surface area contributed by atoms with Crippen molar-refractivity contribution in [3.8, 4) is 0 Å². The molecule has 1 saturated carbocycles. The maximum atomic E-state index is 12.9. The van der Waals surface area contributed by atoms with E-state index in [-0.39, 0.29) is 17.9 Å². The third kappa shape index (κ3) is 6.93. The number of esters is 2. The first-order valence-corrected chi connectivity index (χ1v) is 19.4. The standard InChI is InChI=1S/C10H15O4.3C4H9.Sn/c1-4-13-8(11)7-6-10(7,3)9(12)14-5-2;3*1-3-4-2;/h7H,3-6H2,1-2H3;3*1,3-4H2,2H3;/t7-,10+;;;;/m1..../s1. The number of unbranched alkanes of at least 4 members (excludes halogenated alkanes) is 3. The summed E-state index contributed by atoms with van der Waals surface area (Å²) in [7, 11) is 0. The summed E-state index contributed by atoms with van der Waals surface area (Å²) in [5.74, 6) is -0.585. The zero-order valence-electron chi connectivity index (χ0n) is 18.4. The molecule has 0 N–H and O–H groups in total. The fourth-order valence-electron chi connectivity index (χ4n) is 4.59. The third-order valence-electron chi connectivity index (χ3n) is 6.20. The zero-order valence-corrected chi connectivity index (χ0v) is 21.3. The molecule has 2 atom stereocenters. The Bertz CT molecular complexity index is 443. The minimum absolute atomic E-state index is 0.131. The van der Waals surface area contributed by atoms with Gasteiger partial charge in [0.15, 0.2) is 0 Å². The molecule has 1 rings (SSSR count). The molecular formula is C22H42O4Sn. The predicted molar refractivity (Wildman–Crippen MR) is 114 cm³/mol. The van der Waals surface area contributed by atoms with Gasteiger partial charge in [-0.1, -0.05) is 0 Å². The summed E-state index contributed by atoms with van der Waals surface area (Å²) >= 11 is -2.55. The Kier molecular flexibility index (Phi) is 11.3. The van der Waals surface area contributed by atoms with Gasteiger partial charge in [0.2, 0.25) is 0 Å². The molecule has 0 aliphatic heterocycles. The molecule has 0 aromatic heterocycles. The molecule has 0 amide bonds. The number of carbonyl (C=O) groups excluding carboxylic acids is 2. The Morgan fingerprint density at radius 3 is 1.74 bits per heavy atom. The molecule has 1 aliphatic rings. The number of hydrogen-bond acceptors (Lipinski definition) is 4. The summed E-state index contributed by atoms with van der Waals surface area (Å²) in [4.78, 5) is 25.4. The number of hydrogen-bond donors (Lipinski definition) is 0. The van der Waals surface area contributed by atoms with E-state index in [9.17, 15) is 9.59 Å². The monoisotopic (exact) mass is 490 g/mol. The first-order valence-electron chi connectivity index (χ1n) is 11.3. The normalized spacial score (nSPS) is 21.7. The molecule has 0 aromatic carbocycles. The molecule has 0 bridgehead atoms. The molecule has 0 unspecified atom stereocenters. The molecule has 1 aliphatic carbocycles. The van der Waals surface area contributed by atoms with Crippen LogP contribution in [-0.4, -0.2) is 43.5 Å². The second-order valence-electron chi connectivity index (χ2n) is 8.37. The zero-order chi connectivity index (χ0) is 20.3. The van der Waals surface area contributed by atoms with E-state index < -0.39 is 23.8 Å². The molecule has 0 spiro atoms. The van der Waals surface area contributed by atoms with Gasteiger partial charge in [0.25, 0.3) is 0 Å². The second-order valence-corrected chi connectivity index (χ2v) is 22.2. The topological polar surface area (TPSA) is 52.6 Å². The third-order valence-corrected chi connectivity index (χ3v) is 22.3. The van der Waals surface area contributed by atoms with Crippen LogP contribution < -0.4 is 0 Å². The van der Waals surface area contributed by atoms with E-state index in [0.717, 1.165) is 4.44 Å². The summed E-state index contributed by atoms with van der Waals surface area (Å²) in [5.41, 5.74) is -0.562. The van der Waals surface area contributed by atoms with Gasteiger partial charge >= 0.3 is 171 Å². The molecule has 4 nitrogen and oxygen atoms in total. The van der Waals surface area contributed by atoms with Gasteiger partial charge in [-0.2, -0.15) is 0 Å². The van der Waals surface area contributed by atoms with Gasteiger partial charge in [-0.15, -0.1) is 0 Å². The predicted octanol–water partition coefficient (Wildman–Crippen LogP) is 5.97. The van der Waals surface area contributed by atoms with Gasteiger partial charge in [-0.3, -0.25) is 0 Å². The Balaban J connectivity index is 3.11. The second kappa shape index (κ2) is 12.3. The van der Waals surface area contributed by atoms with Crippen molar-refractivity contribution in [1.29, 1.82) is 0 Å². The quantitative estimate of drug-likeness (QED) is 0.210. The molecule has 0 saturated heterocycles.